The molecular weight excluding hydrogens is 272 g/mol. The molecule has 1 heterocycles. The van der Waals surface area contributed by atoms with Gasteiger partial charge in [0.15, 0.2) is 0 Å². The van der Waals surface area contributed by atoms with E-state index in [9.17, 15) is 4.79 Å². The molecular formula is C14H26N4OS. The minimum Gasteiger partial charge on any atom is -0.378 e. The Morgan fingerprint density at radius 2 is 1.90 bits per heavy atom. The van der Waals surface area contributed by atoms with Gasteiger partial charge in [-0.25, -0.2) is 0 Å². The van der Waals surface area contributed by atoms with Crippen molar-refractivity contribution in [2.45, 2.75) is 46.7 Å². The highest BCUT2D eigenvalue weighted by molar-refractivity contribution is 7.10. The van der Waals surface area contributed by atoms with Crippen molar-refractivity contribution >= 4 is 22.4 Å². The molecule has 0 unspecified atom stereocenters. The number of rotatable bonds is 7. The summed E-state index contributed by atoms with van der Waals surface area (Å²) in [4.78, 5) is 14.6. The Balaban J connectivity index is 2.57. The van der Waals surface area contributed by atoms with Gasteiger partial charge in [0.05, 0.1) is 11.3 Å². The molecule has 2 N–H and O–H groups in total. The molecule has 0 aliphatic rings. The highest BCUT2D eigenvalue weighted by Gasteiger charge is 2.18. The second kappa shape index (κ2) is 7.59. The van der Waals surface area contributed by atoms with Gasteiger partial charge in [0.25, 0.3) is 5.91 Å². The Hall–Kier alpha value is -1.14. The van der Waals surface area contributed by atoms with Crippen LogP contribution in [0.1, 0.15) is 43.7 Å². The normalized spacial score (nSPS) is 11.4. The maximum Gasteiger partial charge on any atom is 0.256 e. The molecule has 0 aromatic carbocycles. The van der Waals surface area contributed by atoms with Crippen LogP contribution < -0.4 is 10.6 Å². The molecule has 1 aromatic rings. The lowest BCUT2D eigenvalue weighted by atomic mass is 10.2. The van der Waals surface area contributed by atoms with Gasteiger partial charge >= 0.3 is 0 Å². The molecule has 0 radical (unpaired) electrons. The van der Waals surface area contributed by atoms with Crippen molar-refractivity contribution in [2.75, 3.05) is 25.5 Å². The SMILES string of the molecule is CNc1snc(C)c1C(=O)NCCN(C(C)C)C(C)C. The van der Waals surface area contributed by atoms with Gasteiger partial charge in [0.1, 0.15) is 5.00 Å². The lowest BCUT2D eigenvalue weighted by molar-refractivity contribution is 0.0940. The van der Waals surface area contributed by atoms with Crippen LogP contribution in [0.4, 0.5) is 5.00 Å². The zero-order chi connectivity index (χ0) is 15.3. The summed E-state index contributed by atoms with van der Waals surface area (Å²) in [5, 5.41) is 6.83. The van der Waals surface area contributed by atoms with E-state index in [1.807, 2.05) is 14.0 Å². The van der Waals surface area contributed by atoms with Gasteiger partial charge in [-0.2, -0.15) is 4.37 Å². The molecule has 114 valence electrons. The molecule has 5 nitrogen and oxygen atoms in total. The van der Waals surface area contributed by atoms with E-state index >= 15 is 0 Å². The first-order chi connectivity index (χ1) is 9.38. The predicted octanol–water partition coefficient (Wildman–Crippen LogP) is 2.34. The molecule has 0 bridgehead atoms. The Labute approximate surface area is 125 Å². The smallest absolute Gasteiger partial charge is 0.256 e. The highest BCUT2D eigenvalue weighted by Crippen LogP contribution is 2.23. The van der Waals surface area contributed by atoms with Crippen molar-refractivity contribution in [1.29, 1.82) is 0 Å². The Morgan fingerprint density at radius 3 is 2.40 bits per heavy atom. The van der Waals surface area contributed by atoms with Crippen molar-refractivity contribution < 1.29 is 4.79 Å². The third-order valence-corrected chi connectivity index (χ3v) is 4.25. The summed E-state index contributed by atoms with van der Waals surface area (Å²) in [7, 11) is 1.81. The van der Waals surface area contributed by atoms with Crippen LogP contribution in [0.5, 0.6) is 0 Å². The second-order valence-electron chi connectivity index (χ2n) is 5.40. The van der Waals surface area contributed by atoms with E-state index in [0.717, 1.165) is 17.2 Å². The molecule has 0 fully saturated rings. The lowest BCUT2D eigenvalue weighted by Crippen LogP contribution is -2.42. The Bertz CT molecular complexity index is 434. The van der Waals surface area contributed by atoms with E-state index in [4.69, 9.17) is 0 Å². The van der Waals surface area contributed by atoms with Gasteiger partial charge in [-0.05, 0) is 46.2 Å². The molecule has 0 saturated heterocycles. The standard InChI is InChI=1S/C14H26N4OS/c1-9(2)18(10(3)4)8-7-16-13(19)12-11(5)17-20-14(12)15-6/h9-10,15H,7-8H2,1-6H3,(H,16,19). The lowest BCUT2D eigenvalue weighted by Gasteiger charge is -2.30. The van der Waals surface area contributed by atoms with Crippen LogP contribution in [0.2, 0.25) is 0 Å². The number of amides is 1. The summed E-state index contributed by atoms with van der Waals surface area (Å²) in [5.74, 6) is -0.0481. The highest BCUT2D eigenvalue weighted by atomic mass is 32.1. The molecule has 0 aliphatic carbocycles. The molecule has 1 rings (SSSR count). The molecule has 1 aromatic heterocycles. The van der Waals surface area contributed by atoms with Crippen LogP contribution in [0.15, 0.2) is 0 Å². The number of anilines is 1. The summed E-state index contributed by atoms with van der Waals surface area (Å²) >= 11 is 1.32. The van der Waals surface area contributed by atoms with Gasteiger partial charge in [-0.3, -0.25) is 9.69 Å². The van der Waals surface area contributed by atoms with Crippen LogP contribution in [-0.4, -0.2) is 47.4 Å². The van der Waals surface area contributed by atoms with Crippen LogP contribution in [0.25, 0.3) is 0 Å². The van der Waals surface area contributed by atoms with E-state index in [2.05, 4.69) is 47.6 Å². The van der Waals surface area contributed by atoms with Crippen molar-refractivity contribution in [3.05, 3.63) is 11.3 Å². The summed E-state index contributed by atoms with van der Waals surface area (Å²) in [6, 6.07) is 0.952. The monoisotopic (exact) mass is 298 g/mol. The molecule has 0 spiro atoms. The first-order valence-corrected chi connectivity index (χ1v) is 7.83. The van der Waals surface area contributed by atoms with Gasteiger partial charge in [0.2, 0.25) is 0 Å². The van der Waals surface area contributed by atoms with Crippen LogP contribution in [-0.2, 0) is 0 Å². The third kappa shape index (κ3) is 4.18. The van der Waals surface area contributed by atoms with Gasteiger partial charge < -0.3 is 10.6 Å². The van der Waals surface area contributed by atoms with Crippen LogP contribution in [0, 0.1) is 6.92 Å². The number of carbonyl (C=O) groups is 1. The molecule has 0 saturated carbocycles. The molecule has 20 heavy (non-hydrogen) atoms. The minimum absolute atomic E-state index is 0.0481. The molecule has 1 amide bonds. The van der Waals surface area contributed by atoms with E-state index in [1.54, 1.807) is 0 Å². The summed E-state index contributed by atoms with van der Waals surface area (Å²) in [6.45, 7) is 12.1. The van der Waals surface area contributed by atoms with Crippen molar-refractivity contribution in [3.8, 4) is 0 Å². The Kier molecular flexibility index (Phi) is 6.42. The number of aryl methyl sites for hydroxylation is 1. The fourth-order valence-electron chi connectivity index (χ4n) is 2.31. The summed E-state index contributed by atoms with van der Waals surface area (Å²) in [5.41, 5.74) is 1.44. The number of hydrogen-bond donors (Lipinski definition) is 2. The first-order valence-electron chi connectivity index (χ1n) is 7.06. The van der Waals surface area contributed by atoms with E-state index in [-0.39, 0.29) is 5.91 Å². The van der Waals surface area contributed by atoms with Gasteiger partial charge in [-0.15, -0.1) is 0 Å². The number of nitrogens with zero attached hydrogens (tertiary/aromatic N) is 2. The number of hydrogen-bond acceptors (Lipinski definition) is 5. The largest absolute Gasteiger partial charge is 0.378 e. The van der Waals surface area contributed by atoms with Gasteiger partial charge in [-0.1, -0.05) is 0 Å². The number of aromatic nitrogens is 1. The average Bonchev–Trinajstić information content (AvgIpc) is 2.74. The molecule has 0 atom stereocenters. The number of carbonyl (C=O) groups excluding carboxylic acids is 1. The quantitative estimate of drug-likeness (QED) is 0.811. The van der Waals surface area contributed by atoms with Crippen molar-refractivity contribution in [3.63, 3.8) is 0 Å². The third-order valence-electron chi connectivity index (χ3n) is 3.30. The van der Waals surface area contributed by atoms with E-state index in [0.29, 0.717) is 24.2 Å². The van der Waals surface area contributed by atoms with Crippen LogP contribution >= 0.6 is 11.5 Å². The fourth-order valence-corrected chi connectivity index (χ4v) is 3.05. The summed E-state index contributed by atoms with van der Waals surface area (Å²) < 4.78 is 4.22. The maximum absolute atomic E-state index is 12.2. The zero-order valence-electron chi connectivity index (χ0n) is 13.3. The predicted molar refractivity (Wildman–Crippen MR) is 85.7 cm³/mol. The summed E-state index contributed by atoms with van der Waals surface area (Å²) in [6.07, 6.45) is 0. The molecule has 0 aliphatic heterocycles. The van der Waals surface area contributed by atoms with Crippen LogP contribution in [0.3, 0.4) is 0 Å². The average molecular weight is 298 g/mol. The molecule has 6 heteroatoms. The van der Waals surface area contributed by atoms with E-state index < -0.39 is 0 Å². The minimum atomic E-state index is -0.0481. The second-order valence-corrected chi connectivity index (χ2v) is 6.18. The fraction of sp³-hybridized carbons (Fsp3) is 0.714. The Morgan fingerprint density at radius 1 is 1.30 bits per heavy atom. The van der Waals surface area contributed by atoms with E-state index in [1.165, 1.54) is 11.5 Å². The van der Waals surface area contributed by atoms with Crippen molar-refractivity contribution in [1.82, 2.24) is 14.6 Å². The number of nitrogens with one attached hydrogen (secondary N) is 2. The first kappa shape index (κ1) is 16.9. The maximum atomic E-state index is 12.2. The topological polar surface area (TPSA) is 57.3 Å². The zero-order valence-corrected chi connectivity index (χ0v) is 14.1. The van der Waals surface area contributed by atoms with Gasteiger partial charge in [0, 0.05) is 32.2 Å². The van der Waals surface area contributed by atoms with Crippen molar-refractivity contribution in [2.24, 2.45) is 0 Å².